The number of hydrogen-bond acceptors (Lipinski definition) is 7. The van der Waals surface area contributed by atoms with Crippen molar-refractivity contribution >= 4 is 11.0 Å². The van der Waals surface area contributed by atoms with Crippen molar-refractivity contribution in [3.8, 4) is 68.5 Å². The summed E-state index contributed by atoms with van der Waals surface area (Å²) in [5, 5.41) is 0. The average Bonchev–Trinajstić information content (AvgIpc) is 3.07. The van der Waals surface area contributed by atoms with E-state index in [1.165, 1.54) is 0 Å². The van der Waals surface area contributed by atoms with E-state index in [1.807, 2.05) is 115 Å². The zero-order valence-electron chi connectivity index (χ0n) is 22.2. The van der Waals surface area contributed by atoms with Crippen molar-refractivity contribution in [1.29, 1.82) is 0 Å². The summed E-state index contributed by atoms with van der Waals surface area (Å²) in [7, 11) is 0. The number of rotatable bonds is 4. The summed E-state index contributed by atoms with van der Waals surface area (Å²) in [5.41, 5.74) is 6.26. The molecule has 7 nitrogen and oxygen atoms in total. The van der Waals surface area contributed by atoms with Gasteiger partial charge in [-0.1, -0.05) is 103 Å². The van der Waals surface area contributed by atoms with E-state index in [2.05, 4.69) is 22.1 Å². The zero-order chi connectivity index (χ0) is 27.9. The minimum Gasteiger partial charge on any atom is -0.431 e. The highest BCUT2D eigenvalue weighted by atomic mass is 16.6. The smallest absolute Gasteiger partial charge is 0.284 e. The molecule has 0 aliphatic carbocycles. The van der Waals surface area contributed by atoms with E-state index in [0.717, 1.165) is 38.9 Å². The molecule has 0 spiro atoms. The fourth-order valence-electron chi connectivity index (χ4n) is 4.91. The predicted octanol–water partition coefficient (Wildman–Crippen LogP) is 8.38. The summed E-state index contributed by atoms with van der Waals surface area (Å²) >= 11 is 0. The van der Waals surface area contributed by atoms with Crippen molar-refractivity contribution in [2.45, 2.75) is 0 Å². The van der Waals surface area contributed by atoms with Crippen LogP contribution in [0.2, 0.25) is 0 Å². The molecule has 1 aliphatic rings. The molecule has 42 heavy (non-hydrogen) atoms. The maximum Gasteiger partial charge on any atom is 0.284 e. The largest absolute Gasteiger partial charge is 0.431 e. The number of fused-ring (bicyclic) bond motifs is 3. The third-order valence-electron chi connectivity index (χ3n) is 7.04. The topological polar surface area (TPSA) is 82.9 Å². The lowest BCUT2D eigenvalue weighted by Gasteiger charge is -2.19. The van der Waals surface area contributed by atoms with E-state index in [9.17, 15) is 0 Å². The molecule has 3 heterocycles. The minimum absolute atomic E-state index is 0.354. The highest BCUT2D eigenvalue weighted by Gasteiger charge is 2.23. The van der Waals surface area contributed by atoms with Crippen molar-refractivity contribution in [3.05, 3.63) is 127 Å². The highest BCUT2D eigenvalue weighted by molar-refractivity contribution is 5.77. The lowest BCUT2D eigenvalue weighted by Crippen LogP contribution is -2.03. The molecule has 0 amide bonds. The first-order chi connectivity index (χ1) is 20.8. The normalized spacial score (nSPS) is 11.7. The first kappa shape index (κ1) is 23.9. The van der Waals surface area contributed by atoms with Crippen LogP contribution >= 0.6 is 0 Å². The molecule has 0 bridgehead atoms. The Morgan fingerprint density at radius 3 is 1.31 bits per heavy atom. The van der Waals surface area contributed by atoms with Gasteiger partial charge in [-0.2, -0.15) is 0 Å². The van der Waals surface area contributed by atoms with E-state index >= 15 is 0 Å². The highest BCUT2D eigenvalue weighted by Crippen LogP contribution is 2.45. The van der Waals surface area contributed by atoms with Gasteiger partial charge in [-0.3, -0.25) is 0 Å². The molecule has 1 aliphatic heterocycles. The molecule has 0 unspecified atom stereocenters. The Morgan fingerprint density at radius 1 is 0.333 bits per heavy atom. The number of nitrogens with zero attached hydrogens (tertiary/aromatic N) is 5. The molecule has 198 valence electrons. The van der Waals surface area contributed by atoms with Gasteiger partial charge < -0.3 is 9.47 Å². The number of aromatic nitrogens is 5. The van der Waals surface area contributed by atoms with Crippen LogP contribution in [0.15, 0.2) is 127 Å². The van der Waals surface area contributed by atoms with E-state index in [0.29, 0.717) is 40.7 Å². The molecule has 7 aromatic rings. The van der Waals surface area contributed by atoms with Gasteiger partial charge in [0.25, 0.3) is 11.8 Å². The van der Waals surface area contributed by atoms with Gasteiger partial charge in [-0.05, 0) is 35.4 Å². The minimum atomic E-state index is 0.354. The number of hydrogen-bond donors (Lipinski definition) is 0. The van der Waals surface area contributed by atoms with E-state index < -0.39 is 0 Å². The molecule has 0 atom stereocenters. The number of benzene rings is 5. The second-order valence-electron chi connectivity index (χ2n) is 9.80. The SMILES string of the molecule is c1ccc(-c2nc(-c3ccccc3)nc(-c3ccc(-c4ccc5c(c4)Oc4nc6ccccc6nc4O5)cc3)n2)cc1. The summed E-state index contributed by atoms with van der Waals surface area (Å²) in [6.45, 7) is 0. The molecule has 7 heteroatoms. The van der Waals surface area contributed by atoms with Gasteiger partial charge in [0.15, 0.2) is 29.0 Å². The standard InChI is InChI=1S/C35H21N5O2/c1-3-9-23(10-4-1)31-38-32(24-11-5-2-6-12-24)40-33(39-31)25-17-15-22(16-18-25)26-19-20-29-30(21-26)42-35-34(41-29)36-27-13-7-8-14-28(27)37-35/h1-21H. The van der Waals surface area contributed by atoms with Crippen molar-refractivity contribution in [2.75, 3.05) is 0 Å². The first-order valence-electron chi connectivity index (χ1n) is 13.5. The Hall–Kier alpha value is -5.95. The van der Waals surface area contributed by atoms with Crippen LogP contribution in [-0.2, 0) is 0 Å². The van der Waals surface area contributed by atoms with Crippen molar-refractivity contribution in [2.24, 2.45) is 0 Å². The molecule has 5 aromatic carbocycles. The Morgan fingerprint density at radius 2 is 0.762 bits per heavy atom. The van der Waals surface area contributed by atoms with Crippen molar-refractivity contribution < 1.29 is 9.47 Å². The number of para-hydroxylation sites is 2. The van der Waals surface area contributed by atoms with Gasteiger partial charge in [0.1, 0.15) is 0 Å². The summed E-state index contributed by atoms with van der Waals surface area (Å²) in [6.07, 6.45) is 0. The molecule has 0 N–H and O–H groups in total. The summed E-state index contributed by atoms with van der Waals surface area (Å²) < 4.78 is 12.2. The van der Waals surface area contributed by atoms with Crippen LogP contribution in [-0.4, -0.2) is 24.9 Å². The van der Waals surface area contributed by atoms with E-state index in [4.69, 9.17) is 24.4 Å². The predicted molar refractivity (Wildman–Crippen MR) is 161 cm³/mol. The van der Waals surface area contributed by atoms with E-state index in [1.54, 1.807) is 0 Å². The third kappa shape index (κ3) is 4.39. The van der Waals surface area contributed by atoms with Crippen LogP contribution in [0.5, 0.6) is 23.3 Å². The quantitative estimate of drug-likeness (QED) is 0.220. The second-order valence-corrected chi connectivity index (χ2v) is 9.80. The summed E-state index contributed by atoms with van der Waals surface area (Å²) in [4.78, 5) is 23.6. The van der Waals surface area contributed by atoms with Crippen LogP contribution in [0.4, 0.5) is 0 Å². The maximum absolute atomic E-state index is 6.13. The Kier molecular flexibility index (Phi) is 5.64. The van der Waals surface area contributed by atoms with Crippen LogP contribution in [0.3, 0.4) is 0 Å². The average molecular weight is 544 g/mol. The van der Waals surface area contributed by atoms with Crippen molar-refractivity contribution in [3.63, 3.8) is 0 Å². The van der Waals surface area contributed by atoms with Crippen LogP contribution in [0.25, 0.3) is 56.3 Å². The Balaban J connectivity index is 1.13. The Bertz CT molecular complexity index is 2020. The van der Waals surface area contributed by atoms with Gasteiger partial charge in [-0.15, -0.1) is 0 Å². The second kappa shape index (κ2) is 9.91. The first-order valence-corrected chi connectivity index (χ1v) is 13.5. The van der Waals surface area contributed by atoms with Gasteiger partial charge in [0.05, 0.1) is 11.0 Å². The maximum atomic E-state index is 6.13. The zero-order valence-corrected chi connectivity index (χ0v) is 22.2. The molecule has 0 saturated carbocycles. The number of ether oxygens (including phenoxy) is 2. The summed E-state index contributed by atoms with van der Waals surface area (Å²) in [5.74, 6) is 3.77. The Labute approximate surface area is 241 Å². The van der Waals surface area contributed by atoms with Gasteiger partial charge in [-0.25, -0.2) is 24.9 Å². The fourth-order valence-corrected chi connectivity index (χ4v) is 4.91. The third-order valence-corrected chi connectivity index (χ3v) is 7.04. The van der Waals surface area contributed by atoms with Crippen LogP contribution in [0.1, 0.15) is 0 Å². The van der Waals surface area contributed by atoms with E-state index in [-0.39, 0.29) is 0 Å². The summed E-state index contributed by atoms with van der Waals surface area (Å²) in [6, 6.07) is 41.6. The van der Waals surface area contributed by atoms with Crippen LogP contribution < -0.4 is 9.47 Å². The van der Waals surface area contributed by atoms with Crippen LogP contribution in [0, 0.1) is 0 Å². The van der Waals surface area contributed by atoms with Crippen molar-refractivity contribution in [1.82, 2.24) is 24.9 Å². The lowest BCUT2D eigenvalue weighted by molar-refractivity contribution is 0.339. The van der Waals surface area contributed by atoms with Gasteiger partial charge in [0, 0.05) is 16.7 Å². The molecule has 0 fully saturated rings. The molecule has 0 radical (unpaired) electrons. The molecular formula is C35H21N5O2. The monoisotopic (exact) mass is 543 g/mol. The molecular weight excluding hydrogens is 522 g/mol. The molecule has 2 aromatic heterocycles. The van der Waals surface area contributed by atoms with Gasteiger partial charge in [0.2, 0.25) is 0 Å². The lowest BCUT2D eigenvalue weighted by atomic mass is 10.0. The molecule has 8 rings (SSSR count). The van der Waals surface area contributed by atoms with Gasteiger partial charge >= 0.3 is 0 Å². The fraction of sp³-hybridized carbons (Fsp3) is 0. The molecule has 0 saturated heterocycles.